The molecule has 4 atom stereocenters. The van der Waals surface area contributed by atoms with Crippen LogP contribution in [0.4, 0.5) is 0 Å². The Balaban J connectivity index is 1.90. The first kappa shape index (κ1) is 14.4. The van der Waals surface area contributed by atoms with Crippen LogP contribution in [0.3, 0.4) is 0 Å². The minimum atomic E-state index is -0.775. The van der Waals surface area contributed by atoms with Crippen LogP contribution in [0.5, 0.6) is 5.75 Å². The predicted octanol–water partition coefficient (Wildman–Crippen LogP) is 3.96. The zero-order valence-corrected chi connectivity index (χ0v) is 12.8. The number of ether oxygens (including phenoxy) is 1. The Kier molecular flexibility index (Phi) is 3.91. The normalized spacial score (nSPS) is 28.1. The molecule has 1 aromatic rings. The number of hydrogen-bond acceptors (Lipinski definition) is 3. The third-order valence-electron chi connectivity index (χ3n) is 5.02. The maximum absolute atomic E-state index is 12.8. The van der Waals surface area contributed by atoms with Gasteiger partial charge in [0, 0.05) is 16.5 Å². The summed E-state index contributed by atoms with van der Waals surface area (Å²) < 4.78 is 5.30. The van der Waals surface area contributed by atoms with Crippen molar-refractivity contribution >= 4 is 17.4 Å². The van der Waals surface area contributed by atoms with Crippen LogP contribution in [-0.2, 0) is 4.79 Å². The molecule has 3 rings (SSSR count). The van der Waals surface area contributed by atoms with Gasteiger partial charge in [0.2, 0.25) is 0 Å². The van der Waals surface area contributed by atoms with Crippen LogP contribution in [0, 0.1) is 29.1 Å². The highest BCUT2D eigenvalue weighted by Crippen LogP contribution is 2.50. The van der Waals surface area contributed by atoms with E-state index in [-0.39, 0.29) is 11.7 Å². The monoisotopic (exact) mass is 303 g/mol. The van der Waals surface area contributed by atoms with Crippen molar-refractivity contribution in [2.24, 2.45) is 17.8 Å². The third kappa shape index (κ3) is 2.53. The lowest BCUT2D eigenvalue weighted by Gasteiger charge is -2.23. The third-order valence-corrected chi connectivity index (χ3v) is 5.26. The minimum absolute atomic E-state index is 0.0390. The predicted molar refractivity (Wildman–Crippen MR) is 80.3 cm³/mol. The highest BCUT2D eigenvalue weighted by molar-refractivity contribution is 6.30. The van der Waals surface area contributed by atoms with Gasteiger partial charge in [-0.15, -0.1) is 0 Å². The summed E-state index contributed by atoms with van der Waals surface area (Å²) in [5.41, 5.74) is 0.597. The van der Waals surface area contributed by atoms with Gasteiger partial charge in [-0.2, -0.15) is 5.26 Å². The molecule has 21 heavy (non-hydrogen) atoms. The summed E-state index contributed by atoms with van der Waals surface area (Å²) in [6.45, 7) is 0. The Labute approximate surface area is 129 Å². The number of Topliss-reactive ketones (excluding diaryl/α,β-unsaturated/α-hetero) is 1. The maximum Gasteiger partial charge on any atom is 0.157 e. The Hall–Kier alpha value is -1.53. The first-order chi connectivity index (χ1) is 10.1. The van der Waals surface area contributed by atoms with E-state index in [2.05, 4.69) is 6.07 Å². The second kappa shape index (κ2) is 5.69. The van der Waals surface area contributed by atoms with Crippen LogP contribution in [0.2, 0.25) is 5.02 Å². The Morgan fingerprint density at radius 1 is 1.43 bits per heavy atom. The molecule has 2 fully saturated rings. The Morgan fingerprint density at radius 3 is 2.81 bits per heavy atom. The molecule has 4 heteroatoms. The number of halogens is 1. The molecule has 0 aliphatic heterocycles. The summed E-state index contributed by atoms with van der Waals surface area (Å²) in [6.07, 6.45) is 4.48. The zero-order chi connectivity index (χ0) is 15.0. The van der Waals surface area contributed by atoms with Gasteiger partial charge in [0.25, 0.3) is 0 Å². The fourth-order valence-corrected chi connectivity index (χ4v) is 4.21. The standard InChI is InChI=1S/C17H18ClNO2/c1-21-16-5-4-12(18)8-14(16)15(9-19)17(20)13-7-10-2-3-11(13)6-10/h4-5,8,10-11,13,15H,2-3,6-7H2,1H3. The maximum atomic E-state index is 12.8. The number of ketones is 1. The SMILES string of the molecule is COc1ccc(Cl)cc1C(C#N)C(=O)C1CC2CCC1C2. The van der Waals surface area contributed by atoms with E-state index in [1.165, 1.54) is 6.42 Å². The van der Waals surface area contributed by atoms with Crippen molar-refractivity contribution in [3.63, 3.8) is 0 Å². The number of carbonyl (C=O) groups excluding carboxylic acids is 1. The molecule has 2 aliphatic rings. The summed E-state index contributed by atoms with van der Waals surface area (Å²) in [4.78, 5) is 12.8. The molecule has 2 bridgehead atoms. The number of benzene rings is 1. The molecule has 0 heterocycles. The van der Waals surface area contributed by atoms with E-state index in [9.17, 15) is 10.1 Å². The van der Waals surface area contributed by atoms with Crippen molar-refractivity contribution < 1.29 is 9.53 Å². The van der Waals surface area contributed by atoms with E-state index < -0.39 is 5.92 Å². The lowest BCUT2D eigenvalue weighted by atomic mass is 9.79. The summed E-state index contributed by atoms with van der Waals surface area (Å²) in [5.74, 6) is 1.03. The summed E-state index contributed by atoms with van der Waals surface area (Å²) in [7, 11) is 1.54. The van der Waals surface area contributed by atoms with E-state index in [0.29, 0.717) is 28.2 Å². The average Bonchev–Trinajstić information content (AvgIpc) is 3.11. The van der Waals surface area contributed by atoms with E-state index in [1.807, 2.05) is 0 Å². The molecule has 110 valence electrons. The summed E-state index contributed by atoms with van der Waals surface area (Å²) in [6, 6.07) is 7.28. The number of methoxy groups -OCH3 is 1. The first-order valence-electron chi connectivity index (χ1n) is 7.40. The Morgan fingerprint density at radius 2 is 2.24 bits per heavy atom. The number of rotatable bonds is 4. The van der Waals surface area contributed by atoms with Crippen LogP contribution < -0.4 is 4.74 Å². The van der Waals surface area contributed by atoms with Crippen molar-refractivity contribution in [3.05, 3.63) is 28.8 Å². The number of fused-ring (bicyclic) bond motifs is 2. The molecule has 0 amide bonds. The van der Waals surface area contributed by atoms with Crippen LogP contribution in [0.15, 0.2) is 18.2 Å². The molecule has 0 aromatic heterocycles. The van der Waals surface area contributed by atoms with Gasteiger partial charge in [-0.25, -0.2) is 0 Å². The van der Waals surface area contributed by atoms with Gasteiger partial charge in [-0.05, 0) is 49.3 Å². The first-order valence-corrected chi connectivity index (χ1v) is 7.78. The largest absolute Gasteiger partial charge is 0.496 e. The quantitative estimate of drug-likeness (QED) is 0.846. The van der Waals surface area contributed by atoms with E-state index in [0.717, 1.165) is 19.3 Å². The molecule has 0 saturated heterocycles. The minimum Gasteiger partial charge on any atom is -0.496 e. The molecule has 3 nitrogen and oxygen atoms in total. The van der Waals surface area contributed by atoms with Crippen molar-refractivity contribution in [1.29, 1.82) is 5.26 Å². The fraction of sp³-hybridized carbons (Fsp3) is 0.529. The summed E-state index contributed by atoms with van der Waals surface area (Å²) in [5, 5.41) is 10.0. The molecule has 2 aliphatic carbocycles. The van der Waals surface area contributed by atoms with Gasteiger partial charge in [0.1, 0.15) is 11.7 Å². The lowest BCUT2D eigenvalue weighted by molar-refractivity contribution is -0.124. The highest BCUT2D eigenvalue weighted by atomic mass is 35.5. The van der Waals surface area contributed by atoms with Crippen LogP contribution in [0.25, 0.3) is 0 Å². The molecule has 4 unspecified atom stereocenters. The van der Waals surface area contributed by atoms with Gasteiger partial charge in [0.05, 0.1) is 13.2 Å². The van der Waals surface area contributed by atoms with E-state index >= 15 is 0 Å². The summed E-state index contributed by atoms with van der Waals surface area (Å²) >= 11 is 6.03. The van der Waals surface area contributed by atoms with E-state index in [1.54, 1.807) is 25.3 Å². The Bertz CT molecular complexity index is 607. The number of nitriles is 1. The van der Waals surface area contributed by atoms with Gasteiger partial charge in [-0.3, -0.25) is 4.79 Å². The molecule has 0 N–H and O–H groups in total. The zero-order valence-electron chi connectivity index (χ0n) is 12.0. The van der Waals surface area contributed by atoms with Crippen LogP contribution in [0.1, 0.15) is 37.2 Å². The van der Waals surface area contributed by atoms with Gasteiger partial charge in [-0.1, -0.05) is 18.0 Å². The number of carbonyl (C=O) groups is 1. The molecule has 2 saturated carbocycles. The molecular formula is C17H18ClNO2. The molecule has 0 radical (unpaired) electrons. The van der Waals surface area contributed by atoms with E-state index in [4.69, 9.17) is 16.3 Å². The average molecular weight is 304 g/mol. The van der Waals surface area contributed by atoms with Gasteiger partial charge >= 0.3 is 0 Å². The molecule has 0 spiro atoms. The number of hydrogen-bond donors (Lipinski definition) is 0. The smallest absolute Gasteiger partial charge is 0.157 e. The van der Waals surface area contributed by atoms with Gasteiger partial charge in [0.15, 0.2) is 5.78 Å². The second-order valence-corrected chi connectivity index (χ2v) is 6.57. The lowest BCUT2D eigenvalue weighted by Crippen LogP contribution is -2.26. The van der Waals surface area contributed by atoms with Crippen LogP contribution >= 0.6 is 11.6 Å². The van der Waals surface area contributed by atoms with Crippen molar-refractivity contribution in [1.82, 2.24) is 0 Å². The second-order valence-electron chi connectivity index (χ2n) is 6.13. The van der Waals surface area contributed by atoms with Crippen molar-refractivity contribution in [2.45, 2.75) is 31.6 Å². The van der Waals surface area contributed by atoms with Crippen molar-refractivity contribution in [3.8, 4) is 11.8 Å². The highest BCUT2D eigenvalue weighted by Gasteiger charge is 2.45. The van der Waals surface area contributed by atoms with Crippen LogP contribution in [-0.4, -0.2) is 12.9 Å². The molecular weight excluding hydrogens is 286 g/mol. The number of nitrogens with zero attached hydrogens (tertiary/aromatic N) is 1. The fourth-order valence-electron chi connectivity index (χ4n) is 4.02. The molecule has 1 aromatic carbocycles. The topological polar surface area (TPSA) is 50.1 Å². The van der Waals surface area contributed by atoms with Gasteiger partial charge < -0.3 is 4.74 Å². The van der Waals surface area contributed by atoms with Crippen molar-refractivity contribution in [2.75, 3.05) is 7.11 Å².